The SMILES string of the molecule is Oc1ccccc1Nc1nc(Nc2ccccc2)nc(N2CCNCC2)n1. The number of nitrogens with zero attached hydrogens (tertiary/aromatic N) is 4. The van der Waals surface area contributed by atoms with Crippen LogP contribution in [0.4, 0.5) is 29.2 Å². The molecule has 1 fully saturated rings. The number of aromatic nitrogens is 3. The van der Waals surface area contributed by atoms with Crippen molar-refractivity contribution < 1.29 is 5.11 Å². The minimum atomic E-state index is 0.138. The van der Waals surface area contributed by atoms with E-state index in [1.165, 1.54) is 0 Å². The zero-order valence-electron chi connectivity index (χ0n) is 14.8. The molecule has 2 heterocycles. The predicted octanol–water partition coefficient (Wildman–Crippen LogP) is 2.47. The minimum Gasteiger partial charge on any atom is -0.506 e. The Bertz CT molecular complexity index is 898. The molecule has 1 aliphatic rings. The van der Waals surface area contributed by atoms with Crippen LogP contribution < -0.4 is 20.9 Å². The zero-order chi connectivity index (χ0) is 18.5. The number of nitrogens with one attached hydrogen (secondary N) is 3. The third-order valence-electron chi connectivity index (χ3n) is 4.20. The van der Waals surface area contributed by atoms with Crippen LogP contribution >= 0.6 is 0 Å². The van der Waals surface area contributed by atoms with Gasteiger partial charge in [-0.05, 0) is 24.3 Å². The van der Waals surface area contributed by atoms with Gasteiger partial charge >= 0.3 is 0 Å². The monoisotopic (exact) mass is 363 g/mol. The Kier molecular flexibility index (Phi) is 4.97. The molecule has 2 aromatic carbocycles. The van der Waals surface area contributed by atoms with Gasteiger partial charge in [-0.3, -0.25) is 0 Å². The molecular formula is C19H21N7O. The summed E-state index contributed by atoms with van der Waals surface area (Å²) < 4.78 is 0. The fourth-order valence-electron chi connectivity index (χ4n) is 2.83. The summed E-state index contributed by atoms with van der Waals surface area (Å²) in [6.45, 7) is 3.42. The number of aromatic hydroxyl groups is 1. The highest BCUT2D eigenvalue weighted by Gasteiger charge is 2.16. The van der Waals surface area contributed by atoms with Gasteiger partial charge in [0.05, 0.1) is 5.69 Å². The van der Waals surface area contributed by atoms with Crippen molar-refractivity contribution in [1.82, 2.24) is 20.3 Å². The maximum absolute atomic E-state index is 10.0. The summed E-state index contributed by atoms with van der Waals surface area (Å²) in [6, 6.07) is 16.7. The molecule has 8 heteroatoms. The van der Waals surface area contributed by atoms with Crippen molar-refractivity contribution in [3.63, 3.8) is 0 Å². The number of hydrogen-bond acceptors (Lipinski definition) is 8. The van der Waals surface area contributed by atoms with Crippen LogP contribution in [0.15, 0.2) is 54.6 Å². The van der Waals surface area contributed by atoms with Crippen LogP contribution in [-0.4, -0.2) is 46.2 Å². The lowest BCUT2D eigenvalue weighted by Gasteiger charge is -2.27. The van der Waals surface area contributed by atoms with Crippen molar-refractivity contribution in [2.45, 2.75) is 0 Å². The lowest BCUT2D eigenvalue weighted by atomic mass is 10.3. The van der Waals surface area contributed by atoms with Crippen molar-refractivity contribution in [2.24, 2.45) is 0 Å². The first-order valence-electron chi connectivity index (χ1n) is 8.87. The van der Waals surface area contributed by atoms with Crippen molar-refractivity contribution >= 4 is 29.2 Å². The number of para-hydroxylation sites is 3. The Hall–Kier alpha value is -3.39. The van der Waals surface area contributed by atoms with Crippen LogP contribution in [0, 0.1) is 0 Å². The van der Waals surface area contributed by atoms with E-state index in [0.29, 0.717) is 23.5 Å². The van der Waals surface area contributed by atoms with Crippen LogP contribution in [0.3, 0.4) is 0 Å². The second-order valence-corrected chi connectivity index (χ2v) is 6.15. The summed E-state index contributed by atoms with van der Waals surface area (Å²) in [6.07, 6.45) is 0. The number of phenolic OH excluding ortho intramolecular Hbond substituents is 1. The van der Waals surface area contributed by atoms with E-state index in [1.807, 2.05) is 36.4 Å². The third kappa shape index (κ3) is 4.24. The number of benzene rings is 2. The molecule has 138 valence electrons. The maximum atomic E-state index is 10.0. The van der Waals surface area contributed by atoms with E-state index in [4.69, 9.17) is 0 Å². The molecule has 1 saturated heterocycles. The molecule has 0 bridgehead atoms. The van der Waals surface area contributed by atoms with Crippen LogP contribution in [0.25, 0.3) is 0 Å². The van der Waals surface area contributed by atoms with E-state index in [1.54, 1.807) is 18.2 Å². The van der Waals surface area contributed by atoms with E-state index < -0.39 is 0 Å². The van der Waals surface area contributed by atoms with Gasteiger partial charge < -0.3 is 26.0 Å². The topological polar surface area (TPSA) is 98.2 Å². The van der Waals surface area contributed by atoms with Gasteiger partial charge in [0.25, 0.3) is 0 Å². The smallest absolute Gasteiger partial charge is 0.233 e. The van der Waals surface area contributed by atoms with Gasteiger partial charge in [0.2, 0.25) is 17.8 Å². The second kappa shape index (κ2) is 7.88. The zero-order valence-corrected chi connectivity index (χ0v) is 14.8. The summed E-state index contributed by atoms with van der Waals surface area (Å²) in [4.78, 5) is 15.7. The highest BCUT2D eigenvalue weighted by Crippen LogP contribution is 2.26. The molecule has 4 rings (SSSR count). The van der Waals surface area contributed by atoms with Gasteiger partial charge in [0, 0.05) is 31.9 Å². The molecule has 0 atom stereocenters. The quantitative estimate of drug-likeness (QED) is 0.513. The first-order chi connectivity index (χ1) is 13.3. The Morgan fingerprint density at radius 2 is 1.48 bits per heavy atom. The van der Waals surface area contributed by atoms with E-state index in [-0.39, 0.29) is 5.75 Å². The number of anilines is 5. The van der Waals surface area contributed by atoms with Crippen molar-refractivity contribution in [3.8, 4) is 5.75 Å². The molecular weight excluding hydrogens is 342 g/mol. The lowest BCUT2D eigenvalue weighted by Crippen LogP contribution is -2.44. The Morgan fingerprint density at radius 3 is 2.22 bits per heavy atom. The van der Waals surface area contributed by atoms with E-state index >= 15 is 0 Å². The minimum absolute atomic E-state index is 0.138. The molecule has 4 N–H and O–H groups in total. The Labute approximate surface area is 157 Å². The lowest BCUT2D eigenvalue weighted by molar-refractivity contribution is 0.477. The van der Waals surface area contributed by atoms with Gasteiger partial charge in [0.15, 0.2) is 0 Å². The number of phenols is 1. The van der Waals surface area contributed by atoms with Crippen molar-refractivity contribution in [2.75, 3.05) is 41.7 Å². The molecule has 0 amide bonds. The molecule has 1 aliphatic heterocycles. The summed E-state index contributed by atoms with van der Waals surface area (Å²) in [5, 5.41) is 19.7. The highest BCUT2D eigenvalue weighted by atomic mass is 16.3. The molecule has 8 nitrogen and oxygen atoms in total. The molecule has 0 saturated carbocycles. The van der Waals surface area contributed by atoms with Gasteiger partial charge in [-0.1, -0.05) is 30.3 Å². The van der Waals surface area contributed by atoms with E-state index in [2.05, 4.69) is 35.8 Å². The van der Waals surface area contributed by atoms with E-state index in [0.717, 1.165) is 31.9 Å². The summed E-state index contributed by atoms with van der Waals surface area (Å²) in [5.74, 6) is 1.56. The van der Waals surface area contributed by atoms with Crippen molar-refractivity contribution in [3.05, 3.63) is 54.6 Å². The van der Waals surface area contributed by atoms with Crippen LogP contribution in [0.5, 0.6) is 5.75 Å². The summed E-state index contributed by atoms with van der Waals surface area (Å²) in [5.41, 5.74) is 1.43. The summed E-state index contributed by atoms with van der Waals surface area (Å²) in [7, 11) is 0. The van der Waals surface area contributed by atoms with Crippen LogP contribution in [-0.2, 0) is 0 Å². The molecule has 0 aliphatic carbocycles. The largest absolute Gasteiger partial charge is 0.506 e. The highest BCUT2D eigenvalue weighted by molar-refractivity contribution is 5.64. The molecule has 27 heavy (non-hydrogen) atoms. The second-order valence-electron chi connectivity index (χ2n) is 6.15. The normalized spacial score (nSPS) is 14.0. The van der Waals surface area contributed by atoms with Crippen LogP contribution in [0.1, 0.15) is 0 Å². The molecule has 0 radical (unpaired) electrons. The fourth-order valence-corrected chi connectivity index (χ4v) is 2.83. The third-order valence-corrected chi connectivity index (χ3v) is 4.20. The average molecular weight is 363 g/mol. The van der Waals surface area contributed by atoms with E-state index in [9.17, 15) is 5.11 Å². The first-order valence-corrected chi connectivity index (χ1v) is 8.87. The van der Waals surface area contributed by atoms with Gasteiger partial charge in [0.1, 0.15) is 5.75 Å². The molecule has 1 aromatic heterocycles. The Morgan fingerprint density at radius 1 is 0.815 bits per heavy atom. The predicted molar refractivity (Wildman–Crippen MR) is 106 cm³/mol. The van der Waals surface area contributed by atoms with Gasteiger partial charge in [-0.2, -0.15) is 15.0 Å². The Balaban J connectivity index is 1.66. The number of hydrogen-bond donors (Lipinski definition) is 4. The number of rotatable bonds is 5. The van der Waals surface area contributed by atoms with Crippen LogP contribution in [0.2, 0.25) is 0 Å². The average Bonchev–Trinajstić information content (AvgIpc) is 2.71. The molecule has 0 unspecified atom stereocenters. The van der Waals surface area contributed by atoms with Gasteiger partial charge in [-0.25, -0.2) is 0 Å². The summed E-state index contributed by atoms with van der Waals surface area (Å²) >= 11 is 0. The maximum Gasteiger partial charge on any atom is 0.233 e. The molecule has 3 aromatic rings. The van der Waals surface area contributed by atoms with Gasteiger partial charge in [-0.15, -0.1) is 0 Å². The molecule has 0 spiro atoms. The van der Waals surface area contributed by atoms with Crippen molar-refractivity contribution in [1.29, 1.82) is 0 Å². The first kappa shape index (κ1) is 17.0. The standard InChI is InChI=1S/C19H21N7O/c27-16-9-5-4-8-15(16)22-18-23-17(21-14-6-2-1-3-7-14)24-19(25-18)26-12-10-20-11-13-26/h1-9,20,27H,10-13H2,(H2,21,22,23,24,25). The number of piperazine rings is 1. The fraction of sp³-hybridized carbons (Fsp3) is 0.211.